The molecule has 3 aliphatic carbocycles. The molecule has 0 spiro atoms. The molecule has 0 saturated heterocycles. The van der Waals surface area contributed by atoms with Crippen molar-refractivity contribution in [1.82, 2.24) is 0 Å². The second kappa shape index (κ2) is 4.32. The normalized spacial score (nSPS) is 50.9. The summed E-state index contributed by atoms with van der Waals surface area (Å²) in [5.41, 5.74) is -0.0567. The van der Waals surface area contributed by atoms with E-state index in [0.717, 1.165) is 18.4 Å². The molecule has 2 N–H and O–H groups in total. The van der Waals surface area contributed by atoms with Crippen LogP contribution < -0.4 is 0 Å². The number of esters is 1. The number of carbonyl (C=O) groups excluding carboxylic acids is 1. The fraction of sp³-hybridized carbons (Fsp3) is 0.824. The number of hydrogen-bond acceptors (Lipinski definition) is 4. The van der Waals surface area contributed by atoms with E-state index in [-0.39, 0.29) is 17.3 Å². The molecule has 4 nitrogen and oxygen atoms in total. The van der Waals surface area contributed by atoms with Crippen molar-refractivity contribution in [2.24, 2.45) is 29.1 Å². The molecule has 7 atom stereocenters. The van der Waals surface area contributed by atoms with E-state index in [4.69, 9.17) is 4.74 Å². The Balaban J connectivity index is 2.02. The minimum Gasteiger partial charge on any atom is -0.459 e. The zero-order valence-corrected chi connectivity index (χ0v) is 13.3. The molecule has 0 aliphatic heterocycles. The Morgan fingerprint density at radius 3 is 2.52 bits per heavy atom. The Morgan fingerprint density at radius 1 is 1.33 bits per heavy atom. The molecule has 3 aliphatic rings. The molecule has 0 radical (unpaired) electrons. The number of carbonyl (C=O) groups is 1. The summed E-state index contributed by atoms with van der Waals surface area (Å²) >= 11 is 0. The fourth-order valence-electron chi connectivity index (χ4n) is 5.26. The lowest BCUT2D eigenvalue weighted by Gasteiger charge is -2.31. The Kier molecular flexibility index (Phi) is 3.10. The van der Waals surface area contributed by atoms with E-state index in [0.29, 0.717) is 11.8 Å². The standard InChI is InChI=1S/C17H26O4/c1-8-6-7-10-12(16(10,3)4)13-11(8)14(21-9(2)18)15(19)17(13,5)20/h10-15,19-20H,1,6-7H2,2-5H3. The Hall–Kier alpha value is -0.870. The van der Waals surface area contributed by atoms with Gasteiger partial charge < -0.3 is 14.9 Å². The van der Waals surface area contributed by atoms with Crippen LogP contribution in [0.25, 0.3) is 0 Å². The number of ether oxygens (including phenoxy) is 1. The molecule has 21 heavy (non-hydrogen) atoms. The number of hydrogen-bond donors (Lipinski definition) is 2. The molecule has 3 saturated carbocycles. The predicted molar refractivity (Wildman–Crippen MR) is 78.3 cm³/mol. The van der Waals surface area contributed by atoms with Crippen molar-refractivity contribution in [1.29, 1.82) is 0 Å². The first-order valence-corrected chi connectivity index (χ1v) is 7.85. The molecule has 0 heterocycles. The molecular formula is C17H26O4. The topological polar surface area (TPSA) is 66.8 Å². The number of rotatable bonds is 1. The highest BCUT2D eigenvalue weighted by Gasteiger charge is 2.72. The summed E-state index contributed by atoms with van der Waals surface area (Å²) in [5, 5.41) is 21.5. The van der Waals surface area contributed by atoms with E-state index >= 15 is 0 Å². The predicted octanol–water partition coefficient (Wildman–Crippen LogP) is 1.90. The van der Waals surface area contributed by atoms with Crippen molar-refractivity contribution in [2.75, 3.05) is 0 Å². The van der Waals surface area contributed by atoms with Crippen LogP contribution in [-0.2, 0) is 9.53 Å². The van der Waals surface area contributed by atoms with Gasteiger partial charge in [-0.25, -0.2) is 0 Å². The molecule has 0 amide bonds. The van der Waals surface area contributed by atoms with Crippen molar-refractivity contribution in [3.63, 3.8) is 0 Å². The van der Waals surface area contributed by atoms with Gasteiger partial charge in [0.1, 0.15) is 12.2 Å². The van der Waals surface area contributed by atoms with Crippen LogP contribution in [-0.4, -0.2) is 34.0 Å². The Labute approximate surface area is 126 Å². The van der Waals surface area contributed by atoms with Gasteiger partial charge in [0.25, 0.3) is 0 Å². The van der Waals surface area contributed by atoms with Crippen molar-refractivity contribution in [3.05, 3.63) is 12.2 Å². The lowest BCUT2D eigenvalue weighted by molar-refractivity contribution is -0.157. The van der Waals surface area contributed by atoms with Gasteiger partial charge >= 0.3 is 5.97 Å². The van der Waals surface area contributed by atoms with Crippen molar-refractivity contribution < 1.29 is 19.7 Å². The SMILES string of the molecule is C=C1CCC2C(C3C1C(OC(C)=O)C(O)C3(C)O)C2(C)C. The second-order valence-corrected chi connectivity index (χ2v) is 7.95. The maximum Gasteiger partial charge on any atom is 0.303 e. The molecule has 118 valence electrons. The van der Waals surface area contributed by atoms with Gasteiger partial charge in [-0.05, 0) is 37.0 Å². The van der Waals surface area contributed by atoms with E-state index in [2.05, 4.69) is 20.4 Å². The van der Waals surface area contributed by atoms with Gasteiger partial charge in [-0.3, -0.25) is 4.79 Å². The Morgan fingerprint density at radius 2 is 1.95 bits per heavy atom. The van der Waals surface area contributed by atoms with Gasteiger partial charge in [0, 0.05) is 18.8 Å². The Bertz CT molecular complexity index is 493. The van der Waals surface area contributed by atoms with Gasteiger partial charge in [0.15, 0.2) is 0 Å². The zero-order chi connectivity index (χ0) is 15.7. The van der Waals surface area contributed by atoms with Crippen molar-refractivity contribution in [2.45, 2.75) is 58.3 Å². The van der Waals surface area contributed by atoms with Crippen LogP contribution in [0, 0.1) is 29.1 Å². The first kappa shape index (κ1) is 15.0. The summed E-state index contributed by atoms with van der Waals surface area (Å²) in [4.78, 5) is 11.4. The van der Waals surface area contributed by atoms with Crippen LogP contribution in [0.2, 0.25) is 0 Å². The molecule has 0 aromatic carbocycles. The van der Waals surface area contributed by atoms with Crippen LogP contribution in [0.4, 0.5) is 0 Å². The van der Waals surface area contributed by atoms with Crippen LogP contribution >= 0.6 is 0 Å². The first-order chi connectivity index (χ1) is 9.60. The third kappa shape index (κ3) is 1.92. The highest BCUT2D eigenvalue weighted by Crippen LogP contribution is 2.71. The largest absolute Gasteiger partial charge is 0.459 e. The summed E-state index contributed by atoms with van der Waals surface area (Å²) in [6.45, 7) is 11.7. The summed E-state index contributed by atoms with van der Waals surface area (Å²) in [6.07, 6.45) is 0.225. The summed E-state index contributed by atoms with van der Waals surface area (Å²) in [6, 6.07) is 0. The third-order valence-corrected chi connectivity index (χ3v) is 6.40. The van der Waals surface area contributed by atoms with Gasteiger partial charge in [0.05, 0.1) is 5.60 Å². The number of aliphatic hydroxyl groups excluding tert-OH is 1. The van der Waals surface area contributed by atoms with Gasteiger partial charge in [-0.1, -0.05) is 26.0 Å². The number of aliphatic hydroxyl groups is 2. The monoisotopic (exact) mass is 294 g/mol. The molecule has 4 heteroatoms. The van der Waals surface area contributed by atoms with Gasteiger partial charge in [0.2, 0.25) is 0 Å². The maximum atomic E-state index is 11.4. The first-order valence-electron chi connectivity index (χ1n) is 7.85. The summed E-state index contributed by atoms with van der Waals surface area (Å²) in [7, 11) is 0. The van der Waals surface area contributed by atoms with E-state index in [1.54, 1.807) is 6.92 Å². The lowest BCUT2D eigenvalue weighted by atomic mass is 9.77. The zero-order valence-electron chi connectivity index (χ0n) is 13.3. The van der Waals surface area contributed by atoms with Gasteiger partial charge in [-0.2, -0.15) is 0 Å². The summed E-state index contributed by atoms with van der Waals surface area (Å²) in [5.74, 6) is 0.257. The number of fused-ring (bicyclic) bond motifs is 3. The molecule has 3 fully saturated rings. The molecule has 3 rings (SSSR count). The third-order valence-electron chi connectivity index (χ3n) is 6.40. The van der Waals surface area contributed by atoms with E-state index < -0.39 is 23.8 Å². The van der Waals surface area contributed by atoms with Crippen molar-refractivity contribution in [3.8, 4) is 0 Å². The quantitative estimate of drug-likeness (QED) is 0.572. The lowest BCUT2D eigenvalue weighted by Crippen LogP contribution is -2.44. The molecule has 0 bridgehead atoms. The van der Waals surface area contributed by atoms with E-state index in [9.17, 15) is 15.0 Å². The van der Waals surface area contributed by atoms with Crippen LogP contribution in [0.1, 0.15) is 40.5 Å². The minimum atomic E-state index is -1.24. The molecule has 0 aromatic rings. The molecule has 7 unspecified atom stereocenters. The molecular weight excluding hydrogens is 268 g/mol. The average molecular weight is 294 g/mol. The van der Waals surface area contributed by atoms with E-state index in [1.807, 2.05) is 0 Å². The summed E-state index contributed by atoms with van der Waals surface area (Å²) < 4.78 is 5.38. The van der Waals surface area contributed by atoms with Gasteiger partial charge in [-0.15, -0.1) is 0 Å². The van der Waals surface area contributed by atoms with E-state index in [1.165, 1.54) is 6.92 Å². The molecule has 0 aromatic heterocycles. The fourth-order valence-corrected chi connectivity index (χ4v) is 5.26. The second-order valence-electron chi connectivity index (χ2n) is 7.95. The highest BCUT2D eigenvalue weighted by molar-refractivity contribution is 5.66. The van der Waals surface area contributed by atoms with Crippen LogP contribution in [0.5, 0.6) is 0 Å². The smallest absolute Gasteiger partial charge is 0.303 e. The van der Waals surface area contributed by atoms with Crippen LogP contribution in [0.15, 0.2) is 12.2 Å². The van der Waals surface area contributed by atoms with Crippen molar-refractivity contribution >= 4 is 5.97 Å². The minimum absolute atomic E-state index is 0.0909. The van der Waals surface area contributed by atoms with Crippen LogP contribution in [0.3, 0.4) is 0 Å². The highest BCUT2D eigenvalue weighted by atomic mass is 16.6. The average Bonchev–Trinajstić information content (AvgIpc) is 2.88. The maximum absolute atomic E-state index is 11.4.